The number of ether oxygens (including phenoxy) is 1. The van der Waals surface area contributed by atoms with Crippen LogP contribution < -0.4 is 4.31 Å². The summed E-state index contributed by atoms with van der Waals surface area (Å²) in [5.41, 5.74) is -0.218. The summed E-state index contributed by atoms with van der Waals surface area (Å²) in [4.78, 5) is 10.7. The van der Waals surface area contributed by atoms with Crippen molar-refractivity contribution in [1.82, 2.24) is 0 Å². The number of benzene rings is 2. The zero-order chi connectivity index (χ0) is 16.4. The monoisotopic (exact) mass is 334 g/mol. The Labute approximate surface area is 133 Å². The highest BCUT2D eigenvalue weighted by atomic mass is 32.2. The van der Waals surface area contributed by atoms with Crippen LogP contribution in [-0.2, 0) is 14.8 Å². The molecule has 2 aromatic rings. The molecule has 0 bridgehead atoms. The lowest BCUT2D eigenvalue weighted by molar-refractivity contribution is -0.384. The summed E-state index contributed by atoms with van der Waals surface area (Å²) in [6.07, 6.45) is -0.242. The minimum atomic E-state index is -3.92. The third-order valence-electron chi connectivity index (χ3n) is 3.45. The number of hydrogen-bond donors (Lipinski definition) is 0. The number of nitrogens with zero attached hydrogens (tertiary/aromatic N) is 2. The van der Waals surface area contributed by atoms with Gasteiger partial charge >= 0.3 is 0 Å². The Bertz CT molecular complexity index is 819. The van der Waals surface area contributed by atoms with Crippen molar-refractivity contribution in [1.29, 1.82) is 0 Å². The van der Waals surface area contributed by atoms with Gasteiger partial charge in [0, 0.05) is 6.07 Å². The number of hydrogen-bond acceptors (Lipinski definition) is 5. The maximum absolute atomic E-state index is 12.9. The van der Waals surface area contributed by atoms with Crippen molar-refractivity contribution in [2.45, 2.75) is 11.0 Å². The molecule has 0 aromatic heterocycles. The molecule has 7 nitrogen and oxygen atoms in total. The molecule has 1 fully saturated rings. The molecule has 0 unspecified atom stereocenters. The van der Waals surface area contributed by atoms with E-state index in [-0.39, 0.29) is 28.9 Å². The molecule has 1 heterocycles. The van der Waals surface area contributed by atoms with Gasteiger partial charge in [-0.05, 0) is 18.2 Å². The number of epoxide rings is 1. The van der Waals surface area contributed by atoms with Gasteiger partial charge in [0.2, 0.25) is 0 Å². The standard InChI is InChI=1S/C15H14N2O5S/c18-17(19)15-9-5-4-8-14(15)16(10-12-11-22-12)23(20,21)13-6-2-1-3-7-13/h1-9,12H,10-11H2/t12-/m0/s1. The minimum Gasteiger partial charge on any atom is -0.371 e. The van der Waals surface area contributed by atoms with E-state index in [2.05, 4.69) is 0 Å². The minimum absolute atomic E-state index is 0.0388. The number of anilines is 1. The van der Waals surface area contributed by atoms with Gasteiger partial charge in [0.25, 0.3) is 15.7 Å². The first-order valence-corrected chi connectivity index (χ1v) is 8.37. The second-order valence-electron chi connectivity index (χ2n) is 5.05. The Hall–Kier alpha value is -2.45. The zero-order valence-corrected chi connectivity index (χ0v) is 12.8. The van der Waals surface area contributed by atoms with E-state index >= 15 is 0 Å². The maximum atomic E-state index is 12.9. The van der Waals surface area contributed by atoms with Gasteiger partial charge in [-0.2, -0.15) is 0 Å². The third kappa shape index (κ3) is 3.17. The average molecular weight is 334 g/mol. The molecular formula is C15H14N2O5S. The van der Waals surface area contributed by atoms with Gasteiger partial charge < -0.3 is 4.74 Å². The van der Waals surface area contributed by atoms with Crippen LogP contribution in [0.2, 0.25) is 0 Å². The number of rotatable bonds is 6. The molecule has 1 aliphatic heterocycles. The molecular weight excluding hydrogens is 320 g/mol. The van der Waals surface area contributed by atoms with E-state index in [0.29, 0.717) is 6.61 Å². The van der Waals surface area contributed by atoms with Crippen LogP contribution in [0.25, 0.3) is 0 Å². The van der Waals surface area contributed by atoms with E-state index in [4.69, 9.17) is 4.74 Å². The molecule has 1 saturated heterocycles. The maximum Gasteiger partial charge on any atom is 0.293 e. The molecule has 0 aliphatic carbocycles. The van der Waals surface area contributed by atoms with Crippen molar-refractivity contribution < 1.29 is 18.1 Å². The largest absolute Gasteiger partial charge is 0.371 e. The van der Waals surface area contributed by atoms with E-state index in [9.17, 15) is 18.5 Å². The smallest absolute Gasteiger partial charge is 0.293 e. The lowest BCUT2D eigenvalue weighted by atomic mass is 10.2. The Balaban J connectivity index is 2.10. The summed E-state index contributed by atoms with van der Waals surface area (Å²) in [6, 6.07) is 13.6. The Morgan fingerprint density at radius 3 is 2.35 bits per heavy atom. The van der Waals surface area contributed by atoms with Crippen LogP contribution in [-0.4, -0.2) is 32.6 Å². The molecule has 3 rings (SSSR count). The van der Waals surface area contributed by atoms with Crippen molar-refractivity contribution in [3.63, 3.8) is 0 Å². The topological polar surface area (TPSA) is 93.1 Å². The van der Waals surface area contributed by atoms with Crippen LogP contribution in [0.15, 0.2) is 59.5 Å². The van der Waals surface area contributed by atoms with Crippen molar-refractivity contribution in [2.75, 3.05) is 17.5 Å². The van der Waals surface area contributed by atoms with Crippen molar-refractivity contribution in [2.24, 2.45) is 0 Å². The van der Waals surface area contributed by atoms with Crippen molar-refractivity contribution in [3.05, 3.63) is 64.7 Å². The summed E-state index contributed by atoms with van der Waals surface area (Å²) in [5.74, 6) is 0. The fourth-order valence-corrected chi connectivity index (χ4v) is 3.76. The van der Waals surface area contributed by atoms with E-state index in [1.165, 1.54) is 30.3 Å². The van der Waals surface area contributed by atoms with Gasteiger partial charge in [-0.3, -0.25) is 14.4 Å². The molecule has 2 aromatic carbocycles. The van der Waals surface area contributed by atoms with Gasteiger partial charge in [0.15, 0.2) is 0 Å². The second-order valence-corrected chi connectivity index (χ2v) is 6.91. The van der Waals surface area contributed by atoms with Crippen LogP contribution in [0.1, 0.15) is 0 Å². The molecule has 1 aliphatic rings. The summed E-state index contributed by atoms with van der Waals surface area (Å²) in [7, 11) is -3.92. The third-order valence-corrected chi connectivity index (χ3v) is 5.24. The SMILES string of the molecule is O=[N+]([O-])c1ccccc1N(C[C@H]1CO1)S(=O)(=O)c1ccccc1. The van der Waals surface area contributed by atoms with Crippen LogP contribution in [0.5, 0.6) is 0 Å². The first-order valence-electron chi connectivity index (χ1n) is 6.93. The molecule has 0 N–H and O–H groups in total. The van der Waals surface area contributed by atoms with E-state index in [1.807, 2.05) is 0 Å². The van der Waals surface area contributed by atoms with Crippen molar-refractivity contribution in [3.8, 4) is 0 Å². The molecule has 23 heavy (non-hydrogen) atoms. The summed E-state index contributed by atoms with van der Waals surface area (Å²) < 4.78 is 32.0. The summed E-state index contributed by atoms with van der Waals surface area (Å²) >= 11 is 0. The van der Waals surface area contributed by atoms with E-state index < -0.39 is 14.9 Å². The normalized spacial score (nSPS) is 16.8. The first-order chi connectivity index (χ1) is 11.0. The predicted octanol–water partition coefficient (Wildman–Crippen LogP) is 2.19. The highest BCUT2D eigenvalue weighted by molar-refractivity contribution is 7.92. The fraction of sp³-hybridized carbons (Fsp3) is 0.200. The van der Waals surface area contributed by atoms with Gasteiger partial charge in [-0.25, -0.2) is 8.42 Å². The Morgan fingerprint density at radius 2 is 1.74 bits per heavy atom. The van der Waals surface area contributed by atoms with Crippen molar-refractivity contribution >= 4 is 21.4 Å². The van der Waals surface area contributed by atoms with Crippen LogP contribution in [0, 0.1) is 10.1 Å². The average Bonchev–Trinajstić information content (AvgIpc) is 3.37. The first kappa shape index (κ1) is 15.4. The molecule has 120 valence electrons. The molecule has 0 saturated carbocycles. The number of para-hydroxylation sites is 2. The van der Waals surface area contributed by atoms with E-state index in [0.717, 1.165) is 4.31 Å². The van der Waals surface area contributed by atoms with Gasteiger partial charge in [-0.15, -0.1) is 0 Å². The lowest BCUT2D eigenvalue weighted by Gasteiger charge is -2.23. The fourth-order valence-electron chi connectivity index (χ4n) is 2.23. The highest BCUT2D eigenvalue weighted by Gasteiger charge is 2.35. The highest BCUT2D eigenvalue weighted by Crippen LogP contribution is 2.33. The van der Waals surface area contributed by atoms with Gasteiger partial charge in [-0.1, -0.05) is 30.3 Å². The van der Waals surface area contributed by atoms with E-state index in [1.54, 1.807) is 24.3 Å². The van der Waals surface area contributed by atoms with Gasteiger partial charge in [0.1, 0.15) is 5.69 Å². The summed E-state index contributed by atoms with van der Waals surface area (Å²) in [6.45, 7) is 0.490. The molecule has 0 radical (unpaired) electrons. The second kappa shape index (κ2) is 5.98. The van der Waals surface area contributed by atoms with Crippen LogP contribution in [0.4, 0.5) is 11.4 Å². The predicted molar refractivity (Wildman–Crippen MR) is 83.8 cm³/mol. The van der Waals surface area contributed by atoms with Crippen LogP contribution in [0.3, 0.4) is 0 Å². The zero-order valence-electron chi connectivity index (χ0n) is 12.0. The van der Waals surface area contributed by atoms with Crippen LogP contribution >= 0.6 is 0 Å². The lowest BCUT2D eigenvalue weighted by Crippen LogP contribution is -2.34. The van der Waals surface area contributed by atoms with Gasteiger partial charge in [0.05, 0.1) is 29.1 Å². The number of sulfonamides is 1. The number of nitro groups is 1. The Morgan fingerprint density at radius 1 is 1.13 bits per heavy atom. The quantitative estimate of drug-likeness (QED) is 0.458. The Kier molecular flexibility index (Phi) is 4.01. The number of nitro benzene ring substituents is 1. The molecule has 1 atom stereocenters. The molecule has 0 spiro atoms. The molecule has 0 amide bonds. The summed E-state index contributed by atoms with van der Waals surface area (Å²) in [5, 5.41) is 11.2. The molecule has 8 heteroatoms.